The number of methoxy groups -OCH3 is 1. The van der Waals surface area contributed by atoms with Gasteiger partial charge in [-0.1, -0.05) is 49.6 Å². The number of benzene rings is 2. The molecule has 0 unspecified atom stereocenters. The first kappa shape index (κ1) is 20.3. The summed E-state index contributed by atoms with van der Waals surface area (Å²) in [5.41, 5.74) is 3.16. The van der Waals surface area contributed by atoms with Gasteiger partial charge in [-0.2, -0.15) is 0 Å². The number of carbonyl (C=O) groups excluding carboxylic acids is 1. The van der Waals surface area contributed by atoms with Gasteiger partial charge in [0.2, 0.25) is 0 Å². The number of rotatable bonds is 7. The predicted octanol–water partition coefficient (Wildman–Crippen LogP) is 5.52. The molecule has 0 bridgehead atoms. The van der Waals surface area contributed by atoms with Crippen molar-refractivity contribution in [2.45, 2.75) is 51.2 Å². The number of carbonyl (C=O) groups is 1. The Labute approximate surface area is 179 Å². The highest BCUT2D eigenvalue weighted by Gasteiger charge is 2.27. The molecule has 1 aromatic heterocycles. The van der Waals surface area contributed by atoms with E-state index in [2.05, 4.69) is 52.1 Å². The lowest BCUT2D eigenvalue weighted by molar-refractivity contribution is 0.0608. The van der Waals surface area contributed by atoms with Crippen LogP contribution in [0.25, 0.3) is 0 Å². The summed E-state index contributed by atoms with van der Waals surface area (Å²) < 4.78 is 7.51. The second-order valence-electron chi connectivity index (χ2n) is 8.07. The molecule has 1 aliphatic rings. The van der Waals surface area contributed by atoms with E-state index >= 15 is 0 Å². The van der Waals surface area contributed by atoms with Crippen LogP contribution >= 0.6 is 0 Å². The summed E-state index contributed by atoms with van der Waals surface area (Å²) in [5.74, 6) is 0.879. The zero-order valence-corrected chi connectivity index (χ0v) is 17.7. The Morgan fingerprint density at radius 3 is 2.40 bits per heavy atom. The van der Waals surface area contributed by atoms with Gasteiger partial charge in [-0.15, -0.1) is 0 Å². The molecular formula is C26H30N2O2. The normalized spacial score (nSPS) is 14.4. The van der Waals surface area contributed by atoms with E-state index in [1.165, 1.54) is 30.5 Å². The Bertz CT molecular complexity index is 941. The van der Waals surface area contributed by atoms with Gasteiger partial charge in [0, 0.05) is 30.0 Å². The number of ether oxygens (including phenoxy) is 1. The standard InChI is InChI=1S/C26H30N2O2/c1-30-25-16-14-22(15-17-25)26(29)28(23-11-6-3-7-12-23)20-24-13-8-18-27(24)19-21-9-4-2-5-10-21/h2,4-5,8-10,13-18,23H,3,6-7,11-12,19-20H2,1H3. The van der Waals surface area contributed by atoms with E-state index in [9.17, 15) is 4.79 Å². The Morgan fingerprint density at radius 1 is 0.967 bits per heavy atom. The van der Waals surface area contributed by atoms with E-state index in [1.807, 2.05) is 30.3 Å². The van der Waals surface area contributed by atoms with Gasteiger partial charge >= 0.3 is 0 Å². The van der Waals surface area contributed by atoms with Gasteiger partial charge in [-0.05, 0) is 54.8 Å². The first-order valence-corrected chi connectivity index (χ1v) is 10.9. The number of amides is 1. The van der Waals surface area contributed by atoms with Crippen molar-refractivity contribution in [3.8, 4) is 5.75 Å². The Hall–Kier alpha value is -3.01. The third-order valence-electron chi connectivity index (χ3n) is 6.06. The fourth-order valence-corrected chi connectivity index (χ4v) is 4.36. The number of nitrogens with zero attached hydrogens (tertiary/aromatic N) is 2. The van der Waals surface area contributed by atoms with Gasteiger partial charge in [0.05, 0.1) is 13.7 Å². The molecule has 2 aromatic carbocycles. The summed E-state index contributed by atoms with van der Waals surface area (Å²) in [4.78, 5) is 15.6. The molecule has 4 heteroatoms. The molecule has 156 valence electrons. The van der Waals surface area contributed by atoms with Crippen molar-refractivity contribution in [3.05, 3.63) is 89.7 Å². The summed E-state index contributed by atoms with van der Waals surface area (Å²) in [6.45, 7) is 1.45. The predicted molar refractivity (Wildman–Crippen MR) is 120 cm³/mol. The minimum atomic E-state index is 0.108. The summed E-state index contributed by atoms with van der Waals surface area (Å²) in [6, 6.07) is 22.5. The Morgan fingerprint density at radius 2 is 1.70 bits per heavy atom. The maximum atomic E-state index is 13.5. The Kier molecular flexibility index (Phi) is 6.53. The second-order valence-corrected chi connectivity index (χ2v) is 8.07. The molecule has 0 radical (unpaired) electrons. The van der Waals surface area contributed by atoms with Crippen LogP contribution in [0.15, 0.2) is 72.9 Å². The number of hydrogen-bond acceptors (Lipinski definition) is 2. The summed E-state index contributed by atoms with van der Waals surface area (Å²) >= 11 is 0. The van der Waals surface area contributed by atoms with Gasteiger partial charge < -0.3 is 14.2 Å². The topological polar surface area (TPSA) is 34.5 Å². The van der Waals surface area contributed by atoms with E-state index < -0.39 is 0 Å². The lowest BCUT2D eigenvalue weighted by Gasteiger charge is -2.35. The molecule has 1 saturated carbocycles. The highest BCUT2D eigenvalue weighted by molar-refractivity contribution is 5.94. The van der Waals surface area contributed by atoms with Gasteiger partial charge in [-0.25, -0.2) is 0 Å². The van der Waals surface area contributed by atoms with E-state index in [-0.39, 0.29) is 5.91 Å². The number of hydrogen-bond donors (Lipinski definition) is 0. The first-order chi connectivity index (χ1) is 14.7. The minimum absolute atomic E-state index is 0.108. The quantitative estimate of drug-likeness (QED) is 0.521. The molecule has 3 aromatic rings. The second kappa shape index (κ2) is 9.66. The maximum absolute atomic E-state index is 13.5. The van der Waals surface area contributed by atoms with Crippen molar-refractivity contribution >= 4 is 5.91 Å². The van der Waals surface area contributed by atoms with Gasteiger partial charge in [-0.3, -0.25) is 4.79 Å². The fraction of sp³-hybridized carbons (Fsp3) is 0.346. The highest BCUT2D eigenvalue weighted by atomic mass is 16.5. The molecule has 0 saturated heterocycles. The van der Waals surface area contributed by atoms with Crippen LogP contribution in [-0.2, 0) is 13.1 Å². The molecule has 1 fully saturated rings. The zero-order chi connectivity index (χ0) is 20.8. The van der Waals surface area contributed by atoms with Crippen LogP contribution in [0.2, 0.25) is 0 Å². The molecule has 0 atom stereocenters. The third kappa shape index (κ3) is 4.76. The molecular weight excluding hydrogens is 372 g/mol. The highest BCUT2D eigenvalue weighted by Crippen LogP contribution is 2.26. The summed E-state index contributed by atoms with van der Waals surface area (Å²) in [6.07, 6.45) is 7.94. The average Bonchev–Trinajstić information content (AvgIpc) is 3.25. The van der Waals surface area contributed by atoms with Gasteiger partial charge in [0.15, 0.2) is 0 Å². The van der Waals surface area contributed by atoms with Crippen LogP contribution < -0.4 is 4.74 Å². The summed E-state index contributed by atoms with van der Waals surface area (Å²) in [7, 11) is 1.64. The zero-order valence-electron chi connectivity index (χ0n) is 17.7. The Balaban J connectivity index is 1.57. The van der Waals surface area contributed by atoms with Crippen molar-refractivity contribution in [2.75, 3.05) is 7.11 Å². The number of aromatic nitrogens is 1. The van der Waals surface area contributed by atoms with Crippen molar-refractivity contribution in [2.24, 2.45) is 0 Å². The van der Waals surface area contributed by atoms with Gasteiger partial charge in [0.25, 0.3) is 5.91 Å². The molecule has 1 aliphatic carbocycles. The van der Waals surface area contributed by atoms with Crippen LogP contribution in [-0.4, -0.2) is 28.5 Å². The molecule has 4 nitrogen and oxygen atoms in total. The molecule has 4 rings (SSSR count). The molecule has 1 amide bonds. The first-order valence-electron chi connectivity index (χ1n) is 10.9. The van der Waals surface area contributed by atoms with E-state index in [0.717, 1.165) is 30.7 Å². The smallest absolute Gasteiger partial charge is 0.254 e. The van der Waals surface area contributed by atoms with Crippen molar-refractivity contribution in [3.63, 3.8) is 0 Å². The van der Waals surface area contributed by atoms with Crippen LogP contribution in [0, 0.1) is 0 Å². The van der Waals surface area contributed by atoms with E-state index in [0.29, 0.717) is 12.6 Å². The monoisotopic (exact) mass is 402 g/mol. The molecule has 0 N–H and O–H groups in total. The maximum Gasteiger partial charge on any atom is 0.254 e. The lowest BCUT2D eigenvalue weighted by Crippen LogP contribution is -2.41. The van der Waals surface area contributed by atoms with E-state index in [1.54, 1.807) is 7.11 Å². The lowest BCUT2D eigenvalue weighted by atomic mass is 9.93. The van der Waals surface area contributed by atoms with Crippen molar-refractivity contribution < 1.29 is 9.53 Å². The van der Waals surface area contributed by atoms with Crippen LogP contribution in [0.1, 0.15) is 53.7 Å². The van der Waals surface area contributed by atoms with Crippen LogP contribution in [0.5, 0.6) is 5.75 Å². The molecule has 1 heterocycles. The molecule has 30 heavy (non-hydrogen) atoms. The largest absolute Gasteiger partial charge is 0.497 e. The van der Waals surface area contributed by atoms with Crippen LogP contribution in [0.3, 0.4) is 0 Å². The minimum Gasteiger partial charge on any atom is -0.497 e. The van der Waals surface area contributed by atoms with Crippen LogP contribution in [0.4, 0.5) is 0 Å². The molecule has 0 spiro atoms. The van der Waals surface area contributed by atoms with Crippen molar-refractivity contribution in [1.82, 2.24) is 9.47 Å². The fourth-order valence-electron chi connectivity index (χ4n) is 4.36. The SMILES string of the molecule is COc1ccc(C(=O)N(Cc2cccn2Cc2ccccc2)C2CCCCC2)cc1. The molecule has 0 aliphatic heterocycles. The average molecular weight is 403 g/mol. The van der Waals surface area contributed by atoms with Gasteiger partial charge in [0.1, 0.15) is 5.75 Å². The van der Waals surface area contributed by atoms with E-state index in [4.69, 9.17) is 4.74 Å². The van der Waals surface area contributed by atoms with Crippen molar-refractivity contribution in [1.29, 1.82) is 0 Å². The third-order valence-corrected chi connectivity index (χ3v) is 6.06. The summed E-state index contributed by atoms with van der Waals surface area (Å²) in [5, 5.41) is 0.